The van der Waals surface area contributed by atoms with Crippen molar-refractivity contribution in [3.63, 3.8) is 0 Å². The summed E-state index contributed by atoms with van der Waals surface area (Å²) in [5, 5.41) is 9.34. The molecule has 0 heterocycles. The Morgan fingerprint density at radius 1 is 0.875 bits per heavy atom. The number of nitrogens with zero attached hydrogens (tertiary/aromatic N) is 1. The number of hydrogen-bond acceptors (Lipinski definition) is 4. The minimum Gasteiger partial charge on any atom is -0.496 e. The van der Waals surface area contributed by atoms with Crippen molar-refractivity contribution in [3.05, 3.63) is 52.6 Å². The molecule has 2 aromatic rings. The van der Waals surface area contributed by atoms with E-state index in [0.717, 1.165) is 23.1 Å². The number of methoxy groups -OCH3 is 3. The zero-order valence-electron chi connectivity index (χ0n) is 14.4. The molecule has 0 radical (unpaired) electrons. The number of hydrogen-bond donors (Lipinski definition) is 0. The quantitative estimate of drug-likeness (QED) is 0.743. The lowest BCUT2D eigenvalue weighted by molar-refractivity contribution is 0.348. The Balaban J connectivity index is 2.44. The van der Waals surface area contributed by atoms with Crippen molar-refractivity contribution >= 4 is 12.2 Å². The lowest BCUT2D eigenvalue weighted by atomic mass is 10.0. The fourth-order valence-corrected chi connectivity index (χ4v) is 2.43. The fourth-order valence-electron chi connectivity index (χ4n) is 2.43. The summed E-state index contributed by atoms with van der Waals surface area (Å²) in [4.78, 5) is 0. The van der Waals surface area contributed by atoms with E-state index in [1.165, 1.54) is 0 Å². The first-order chi connectivity index (χ1) is 11.7. The van der Waals surface area contributed by atoms with Crippen molar-refractivity contribution in [2.75, 3.05) is 21.3 Å². The molecule has 0 unspecified atom stereocenters. The van der Waals surface area contributed by atoms with Crippen LogP contribution in [0.25, 0.3) is 12.2 Å². The minimum absolute atomic E-state index is 0.608. The molecule has 0 aliphatic carbocycles. The zero-order valence-corrected chi connectivity index (χ0v) is 14.4. The van der Waals surface area contributed by atoms with Crippen LogP contribution in [0.4, 0.5) is 0 Å². The Kier molecular flexibility index (Phi) is 5.86. The molecular formula is C20H21NO3. The van der Waals surface area contributed by atoms with Gasteiger partial charge in [-0.2, -0.15) is 5.26 Å². The molecule has 0 fully saturated rings. The average Bonchev–Trinajstić information content (AvgIpc) is 2.65. The van der Waals surface area contributed by atoms with Gasteiger partial charge in [0.25, 0.3) is 0 Å². The third kappa shape index (κ3) is 3.69. The van der Waals surface area contributed by atoms with E-state index in [0.29, 0.717) is 22.8 Å². The van der Waals surface area contributed by atoms with Crippen molar-refractivity contribution in [1.29, 1.82) is 5.26 Å². The van der Waals surface area contributed by atoms with Crippen LogP contribution in [0.5, 0.6) is 17.2 Å². The van der Waals surface area contributed by atoms with Gasteiger partial charge in [0.1, 0.15) is 5.75 Å². The van der Waals surface area contributed by atoms with Gasteiger partial charge in [0.15, 0.2) is 11.5 Å². The molecule has 0 amide bonds. The number of rotatable bonds is 6. The highest BCUT2D eigenvalue weighted by Gasteiger charge is 2.10. The molecule has 2 rings (SSSR count). The van der Waals surface area contributed by atoms with E-state index in [-0.39, 0.29) is 0 Å². The smallest absolute Gasteiger partial charge is 0.164 e. The average molecular weight is 323 g/mol. The summed E-state index contributed by atoms with van der Waals surface area (Å²) >= 11 is 0. The van der Waals surface area contributed by atoms with Gasteiger partial charge >= 0.3 is 0 Å². The highest BCUT2D eigenvalue weighted by atomic mass is 16.5. The van der Waals surface area contributed by atoms with Crippen LogP contribution in [-0.2, 0) is 6.42 Å². The predicted octanol–water partition coefficient (Wildman–Crippen LogP) is 4.32. The van der Waals surface area contributed by atoms with Crippen LogP contribution >= 0.6 is 0 Å². The lowest BCUT2D eigenvalue weighted by Crippen LogP contribution is -1.94. The molecule has 0 spiro atoms. The Morgan fingerprint density at radius 3 is 2.08 bits per heavy atom. The largest absolute Gasteiger partial charge is 0.496 e. The van der Waals surface area contributed by atoms with Gasteiger partial charge in [-0.15, -0.1) is 0 Å². The highest BCUT2D eigenvalue weighted by Crippen LogP contribution is 2.35. The molecule has 2 aromatic carbocycles. The van der Waals surface area contributed by atoms with Crippen LogP contribution in [-0.4, -0.2) is 21.3 Å². The third-order valence-corrected chi connectivity index (χ3v) is 3.82. The summed E-state index contributed by atoms with van der Waals surface area (Å²) in [6, 6.07) is 11.8. The molecule has 0 aliphatic rings. The van der Waals surface area contributed by atoms with Gasteiger partial charge in [-0.1, -0.05) is 31.2 Å². The Bertz CT molecular complexity index is 788. The standard InChI is InChI=1S/C20H21NO3/c1-5-14-6-7-15(17(10-14)13-21)8-9-16-11-19(23-3)20(24-4)12-18(16)22-2/h6-12H,5H2,1-4H3. The van der Waals surface area contributed by atoms with Gasteiger partial charge in [-0.05, 0) is 29.7 Å². The Morgan fingerprint density at radius 2 is 1.50 bits per heavy atom. The first-order valence-electron chi connectivity index (χ1n) is 7.67. The molecule has 124 valence electrons. The SMILES string of the molecule is CCc1ccc(C=Cc2cc(OC)c(OC)cc2OC)c(C#N)c1. The molecule has 4 nitrogen and oxygen atoms in total. The first-order valence-corrected chi connectivity index (χ1v) is 7.67. The number of ether oxygens (including phenoxy) is 3. The van der Waals surface area contributed by atoms with E-state index in [1.807, 2.05) is 36.4 Å². The van der Waals surface area contributed by atoms with Crippen LogP contribution in [0, 0.1) is 11.3 Å². The summed E-state index contributed by atoms with van der Waals surface area (Å²) < 4.78 is 16.0. The van der Waals surface area contributed by atoms with E-state index in [9.17, 15) is 5.26 Å². The van der Waals surface area contributed by atoms with Gasteiger partial charge < -0.3 is 14.2 Å². The lowest BCUT2D eigenvalue weighted by Gasteiger charge is -2.12. The maximum Gasteiger partial charge on any atom is 0.164 e. The van der Waals surface area contributed by atoms with Gasteiger partial charge in [-0.3, -0.25) is 0 Å². The van der Waals surface area contributed by atoms with Crippen LogP contribution in [0.1, 0.15) is 29.2 Å². The third-order valence-electron chi connectivity index (χ3n) is 3.82. The van der Waals surface area contributed by atoms with Gasteiger partial charge in [-0.25, -0.2) is 0 Å². The molecule has 0 atom stereocenters. The second-order valence-electron chi connectivity index (χ2n) is 5.17. The molecular weight excluding hydrogens is 302 g/mol. The summed E-state index contributed by atoms with van der Waals surface area (Å²) in [6.45, 7) is 2.07. The predicted molar refractivity (Wildman–Crippen MR) is 95.6 cm³/mol. The summed E-state index contributed by atoms with van der Waals surface area (Å²) in [6.07, 6.45) is 4.71. The Labute approximate surface area is 142 Å². The Hall–Kier alpha value is -2.93. The maximum absolute atomic E-state index is 9.34. The van der Waals surface area contributed by atoms with E-state index in [1.54, 1.807) is 27.4 Å². The van der Waals surface area contributed by atoms with E-state index in [4.69, 9.17) is 14.2 Å². The second kappa shape index (κ2) is 8.07. The van der Waals surface area contributed by atoms with Crippen LogP contribution in [0.2, 0.25) is 0 Å². The molecule has 0 aromatic heterocycles. The molecule has 0 saturated heterocycles. The normalized spacial score (nSPS) is 10.5. The number of nitriles is 1. The summed E-state index contributed by atoms with van der Waals surface area (Å²) in [7, 11) is 4.78. The van der Waals surface area contributed by atoms with E-state index in [2.05, 4.69) is 13.0 Å². The molecule has 0 saturated carbocycles. The van der Waals surface area contributed by atoms with E-state index >= 15 is 0 Å². The zero-order chi connectivity index (χ0) is 17.5. The van der Waals surface area contributed by atoms with Crippen LogP contribution in [0.3, 0.4) is 0 Å². The van der Waals surface area contributed by atoms with Gasteiger partial charge in [0, 0.05) is 11.6 Å². The van der Waals surface area contributed by atoms with Crippen LogP contribution in [0.15, 0.2) is 30.3 Å². The van der Waals surface area contributed by atoms with Crippen molar-refractivity contribution in [3.8, 4) is 23.3 Å². The molecule has 4 heteroatoms. The number of benzene rings is 2. The van der Waals surface area contributed by atoms with Gasteiger partial charge in [0.05, 0.1) is 33.0 Å². The van der Waals surface area contributed by atoms with Crippen molar-refractivity contribution in [1.82, 2.24) is 0 Å². The number of aryl methyl sites for hydroxylation is 1. The summed E-state index contributed by atoms with van der Waals surface area (Å²) in [5.74, 6) is 1.91. The topological polar surface area (TPSA) is 51.5 Å². The molecule has 0 N–H and O–H groups in total. The second-order valence-corrected chi connectivity index (χ2v) is 5.17. The van der Waals surface area contributed by atoms with E-state index < -0.39 is 0 Å². The maximum atomic E-state index is 9.34. The molecule has 0 bridgehead atoms. The van der Waals surface area contributed by atoms with Crippen LogP contribution < -0.4 is 14.2 Å². The minimum atomic E-state index is 0.608. The molecule has 0 aliphatic heterocycles. The van der Waals surface area contributed by atoms with Crippen molar-refractivity contribution in [2.45, 2.75) is 13.3 Å². The highest BCUT2D eigenvalue weighted by molar-refractivity contribution is 5.76. The monoisotopic (exact) mass is 323 g/mol. The molecule has 24 heavy (non-hydrogen) atoms. The van der Waals surface area contributed by atoms with Crippen molar-refractivity contribution < 1.29 is 14.2 Å². The first kappa shape index (κ1) is 17.4. The fraction of sp³-hybridized carbons (Fsp3) is 0.250. The van der Waals surface area contributed by atoms with Gasteiger partial charge in [0.2, 0.25) is 0 Å². The van der Waals surface area contributed by atoms with Crippen molar-refractivity contribution in [2.24, 2.45) is 0 Å². The summed E-state index contributed by atoms with van der Waals surface area (Å²) in [5.41, 5.74) is 3.52.